The van der Waals surface area contributed by atoms with Crippen molar-refractivity contribution in [1.82, 2.24) is 0 Å². The van der Waals surface area contributed by atoms with Crippen molar-refractivity contribution in [2.75, 3.05) is 6.61 Å². The van der Waals surface area contributed by atoms with Crippen LogP contribution in [0.2, 0.25) is 0 Å². The highest BCUT2D eigenvalue weighted by molar-refractivity contribution is 5.55. The molecule has 3 saturated carbocycles. The van der Waals surface area contributed by atoms with Crippen molar-refractivity contribution < 1.29 is 14.6 Å². The van der Waals surface area contributed by atoms with E-state index in [0.717, 1.165) is 31.4 Å². The minimum absolute atomic E-state index is 0.0754. The van der Waals surface area contributed by atoms with Crippen LogP contribution in [0, 0.1) is 22.7 Å². The molecule has 0 saturated heterocycles. The Labute approximate surface area is 137 Å². The van der Waals surface area contributed by atoms with Gasteiger partial charge in [0.15, 0.2) is 0 Å². The van der Waals surface area contributed by atoms with Gasteiger partial charge in [0, 0.05) is 5.56 Å². The average Bonchev–Trinajstić information content (AvgIpc) is 3.09. The summed E-state index contributed by atoms with van der Waals surface area (Å²) in [5, 5.41) is 20.7. The molecule has 3 heteroatoms. The van der Waals surface area contributed by atoms with Gasteiger partial charge in [-0.15, -0.1) is 0 Å². The molecule has 2 N–H and O–H groups in total. The lowest BCUT2D eigenvalue weighted by molar-refractivity contribution is -0.0517. The van der Waals surface area contributed by atoms with Crippen molar-refractivity contribution in [1.29, 1.82) is 0 Å². The number of fused-ring (bicyclic) bond motifs is 5. The molecule has 0 aromatic carbocycles. The first-order valence-electron chi connectivity index (χ1n) is 9.11. The van der Waals surface area contributed by atoms with Gasteiger partial charge in [-0.2, -0.15) is 0 Å². The lowest BCUT2D eigenvalue weighted by Crippen LogP contribution is -2.49. The molecule has 3 nitrogen and oxygen atoms in total. The van der Waals surface area contributed by atoms with Crippen molar-refractivity contribution in [3.05, 3.63) is 29.7 Å². The van der Waals surface area contributed by atoms with Crippen LogP contribution in [0.4, 0.5) is 0 Å². The average molecular weight is 314 g/mol. The molecule has 4 aliphatic carbocycles. The Kier molecular flexibility index (Phi) is 2.68. The molecule has 3 fully saturated rings. The fourth-order valence-electron chi connectivity index (χ4n) is 7.06. The van der Waals surface area contributed by atoms with Crippen LogP contribution in [0.25, 0.3) is 6.08 Å². The monoisotopic (exact) mass is 314 g/mol. The van der Waals surface area contributed by atoms with Crippen LogP contribution in [-0.4, -0.2) is 22.4 Å². The number of furan rings is 1. The predicted molar refractivity (Wildman–Crippen MR) is 87.7 cm³/mol. The summed E-state index contributed by atoms with van der Waals surface area (Å²) in [6, 6.07) is 2.16. The van der Waals surface area contributed by atoms with Gasteiger partial charge in [0.1, 0.15) is 5.76 Å². The maximum absolute atomic E-state index is 10.9. The maximum Gasteiger partial charge on any atom is 0.129 e. The Hall–Kier alpha value is -1.06. The summed E-state index contributed by atoms with van der Waals surface area (Å²) >= 11 is 0. The van der Waals surface area contributed by atoms with Crippen LogP contribution in [0.1, 0.15) is 62.7 Å². The summed E-state index contributed by atoms with van der Waals surface area (Å²) in [4.78, 5) is 0. The quantitative estimate of drug-likeness (QED) is 0.830. The lowest BCUT2D eigenvalue weighted by atomic mass is 9.46. The minimum Gasteiger partial charge on any atom is -0.465 e. The van der Waals surface area contributed by atoms with E-state index in [-0.39, 0.29) is 17.4 Å². The van der Waals surface area contributed by atoms with Crippen LogP contribution in [0.5, 0.6) is 0 Å². The number of rotatable bonds is 1. The van der Waals surface area contributed by atoms with E-state index in [0.29, 0.717) is 17.8 Å². The van der Waals surface area contributed by atoms with Crippen molar-refractivity contribution in [2.45, 2.75) is 57.0 Å². The molecule has 6 atom stereocenters. The molecule has 1 spiro atoms. The van der Waals surface area contributed by atoms with Gasteiger partial charge in [0.2, 0.25) is 0 Å². The third kappa shape index (κ3) is 1.63. The molecular formula is C20H26O3. The Balaban J connectivity index is 1.58. The molecule has 0 radical (unpaired) electrons. The first-order valence-corrected chi connectivity index (χ1v) is 9.11. The molecule has 124 valence electrons. The van der Waals surface area contributed by atoms with Crippen molar-refractivity contribution in [3.63, 3.8) is 0 Å². The molecule has 4 aliphatic rings. The summed E-state index contributed by atoms with van der Waals surface area (Å²) in [5.74, 6) is 2.47. The van der Waals surface area contributed by atoms with Crippen molar-refractivity contribution >= 4 is 6.08 Å². The topological polar surface area (TPSA) is 53.6 Å². The molecule has 0 amide bonds. The smallest absolute Gasteiger partial charge is 0.129 e. The van der Waals surface area contributed by atoms with Gasteiger partial charge >= 0.3 is 0 Å². The van der Waals surface area contributed by atoms with Gasteiger partial charge in [0.05, 0.1) is 18.5 Å². The number of aliphatic hydroxyl groups is 2. The number of allylic oxidation sites excluding steroid dienone is 1. The zero-order valence-electron chi connectivity index (χ0n) is 13.8. The summed E-state index contributed by atoms with van der Waals surface area (Å²) < 4.78 is 5.64. The minimum atomic E-state index is -0.836. The van der Waals surface area contributed by atoms with E-state index in [1.807, 2.05) is 6.26 Å². The van der Waals surface area contributed by atoms with E-state index >= 15 is 0 Å². The second kappa shape index (κ2) is 4.31. The van der Waals surface area contributed by atoms with Gasteiger partial charge in [-0.3, -0.25) is 0 Å². The van der Waals surface area contributed by atoms with Crippen LogP contribution in [-0.2, 0) is 0 Å². The van der Waals surface area contributed by atoms with Crippen LogP contribution >= 0.6 is 0 Å². The zero-order chi connectivity index (χ0) is 15.9. The van der Waals surface area contributed by atoms with E-state index < -0.39 is 5.60 Å². The molecule has 1 aromatic rings. The summed E-state index contributed by atoms with van der Waals surface area (Å²) in [6.07, 6.45) is 12.9. The Bertz CT molecular complexity index is 676. The molecule has 1 aromatic heterocycles. The van der Waals surface area contributed by atoms with Crippen molar-refractivity contribution in [3.8, 4) is 0 Å². The van der Waals surface area contributed by atoms with Gasteiger partial charge < -0.3 is 14.6 Å². The SMILES string of the molecule is C[C@@]12C=Cc3occc3C1CC[C@@]13C[C@@H](CCC12)[C@@](O)(CO)C3. The van der Waals surface area contributed by atoms with Gasteiger partial charge in [0.25, 0.3) is 0 Å². The summed E-state index contributed by atoms with van der Waals surface area (Å²) in [5.41, 5.74) is 0.914. The third-order valence-electron chi connectivity index (χ3n) is 8.02. The molecule has 2 bridgehead atoms. The standard InChI is InChI=1S/C20H26O3/c1-18-7-5-16-14(6-9-23-16)15(18)4-8-19-10-13(2-3-17(18)19)20(22,11-19)12-21/h5-7,9,13,15,17,21-22H,2-4,8,10-12H2,1H3/t13-,15?,17?,18-,19+,20+/m1/s1. The molecule has 2 unspecified atom stereocenters. The second-order valence-corrected chi connectivity index (χ2v) is 8.86. The largest absolute Gasteiger partial charge is 0.465 e. The van der Waals surface area contributed by atoms with E-state index in [1.54, 1.807) is 0 Å². The van der Waals surface area contributed by atoms with E-state index in [1.165, 1.54) is 18.4 Å². The van der Waals surface area contributed by atoms with Crippen LogP contribution in [0.15, 0.2) is 22.8 Å². The highest BCUT2D eigenvalue weighted by Crippen LogP contribution is 2.71. The Morgan fingerprint density at radius 1 is 1.30 bits per heavy atom. The number of aliphatic hydroxyl groups excluding tert-OH is 1. The molecule has 1 heterocycles. The van der Waals surface area contributed by atoms with Gasteiger partial charge in [-0.25, -0.2) is 0 Å². The fraction of sp³-hybridized carbons (Fsp3) is 0.700. The van der Waals surface area contributed by atoms with Crippen LogP contribution < -0.4 is 0 Å². The highest BCUT2D eigenvalue weighted by Gasteiger charge is 2.65. The molecular weight excluding hydrogens is 288 g/mol. The van der Waals surface area contributed by atoms with Gasteiger partial charge in [-0.05, 0) is 79.3 Å². The Morgan fingerprint density at radius 3 is 3.00 bits per heavy atom. The summed E-state index contributed by atoms with van der Waals surface area (Å²) in [7, 11) is 0. The second-order valence-electron chi connectivity index (χ2n) is 8.86. The summed E-state index contributed by atoms with van der Waals surface area (Å²) in [6.45, 7) is 2.35. The molecule has 23 heavy (non-hydrogen) atoms. The Morgan fingerprint density at radius 2 is 2.17 bits per heavy atom. The first-order chi connectivity index (χ1) is 11.0. The van der Waals surface area contributed by atoms with Crippen LogP contribution in [0.3, 0.4) is 0 Å². The van der Waals surface area contributed by atoms with E-state index in [2.05, 4.69) is 25.1 Å². The maximum atomic E-state index is 10.9. The van der Waals surface area contributed by atoms with Crippen molar-refractivity contribution in [2.24, 2.45) is 22.7 Å². The first kappa shape index (κ1) is 14.3. The van der Waals surface area contributed by atoms with Gasteiger partial charge in [-0.1, -0.05) is 13.0 Å². The number of hydrogen-bond donors (Lipinski definition) is 2. The van der Waals surface area contributed by atoms with E-state index in [4.69, 9.17) is 4.42 Å². The lowest BCUT2D eigenvalue weighted by Gasteiger charge is -2.58. The fourth-order valence-corrected chi connectivity index (χ4v) is 7.06. The van der Waals surface area contributed by atoms with E-state index in [9.17, 15) is 10.2 Å². The zero-order valence-corrected chi connectivity index (χ0v) is 13.8. The molecule has 5 rings (SSSR count). The third-order valence-corrected chi connectivity index (χ3v) is 8.02. The normalized spacial score (nSPS) is 50.3. The highest BCUT2D eigenvalue weighted by atomic mass is 16.3. The predicted octanol–water partition coefficient (Wildman–Crippen LogP) is 3.72. The number of hydrogen-bond acceptors (Lipinski definition) is 3. The molecule has 0 aliphatic heterocycles.